The van der Waals surface area contributed by atoms with Gasteiger partial charge in [0.25, 0.3) is 0 Å². The van der Waals surface area contributed by atoms with Gasteiger partial charge in [0.15, 0.2) is 0 Å². The average Bonchev–Trinajstić information content (AvgIpc) is 3.11. The van der Waals surface area contributed by atoms with Crippen molar-refractivity contribution in [1.82, 2.24) is 14.5 Å². The molecule has 3 rings (SSSR count). The van der Waals surface area contributed by atoms with E-state index in [4.69, 9.17) is 9.15 Å². The third-order valence-electron chi connectivity index (χ3n) is 4.05. The third-order valence-corrected chi connectivity index (χ3v) is 5.96. The maximum Gasteiger partial charge on any atom is 0.246 e. The quantitative estimate of drug-likeness (QED) is 0.812. The van der Waals surface area contributed by atoms with Crippen LogP contribution in [0.4, 0.5) is 0 Å². The summed E-state index contributed by atoms with van der Waals surface area (Å²) in [5, 5.41) is 17.1. The van der Waals surface area contributed by atoms with Crippen LogP contribution >= 0.6 is 0 Å². The van der Waals surface area contributed by atoms with Crippen molar-refractivity contribution in [3.63, 3.8) is 0 Å². The maximum atomic E-state index is 13.0. The topological polar surface area (TPSA) is 109 Å². The molecule has 0 N–H and O–H groups in total. The smallest absolute Gasteiger partial charge is 0.246 e. The van der Waals surface area contributed by atoms with Crippen molar-refractivity contribution in [2.24, 2.45) is 0 Å². The molecule has 0 bridgehead atoms. The second-order valence-electron chi connectivity index (χ2n) is 5.67. The van der Waals surface area contributed by atoms with Crippen molar-refractivity contribution in [3.05, 3.63) is 41.1 Å². The first kappa shape index (κ1) is 17.5. The highest BCUT2D eigenvalue weighted by molar-refractivity contribution is 7.89. The van der Waals surface area contributed by atoms with Crippen LogP contribution in [0, 0.1) is 18.3 Å². The second-order valence-corrected chi connectivity index (χ2v) is 7.58. The summed E-state index contributed by atoms with van der Waals surface area (Å²) in [6.45, 7) is 4.07. The van der Waals surface area contributed by atoms with Crippen LogP contribution in [-0.2, 0) is 21.2 Å². The molecule has 1 atom stereocenters. The molecule has 0 spiro atoms. The molecule has 1 fully saturated rings. The first-order valence-corrected chi connectivity index (χ1v) is 9.35. The molecule has 132 valence electrons. The Bertz CT molecular complexity index is 916. The van der Waals surface area contributed by atoms with Gasteiger partial charge >= 0.3 is 0 Å². The Hall–Kier alpha value is -2.28. The van der Waals surface area contributed by atoms with Gasteiger partial charge in [0.2, 0.25) is 21.8 Å². The standard InChI is InChI=1S/C16H18N4O4S/c1-3-15-18-19-16(24-15)13-10-20(7-8-23-13)25(21,22)14-6-4-5-11(2)12(14)9-17/h4-6,13H,3,7-8,10H2,1-2H3/t13-/m1/s1. The SMILES string of the molecule is CCc1nnc([C@H]2CN(S(=O)(=O)c3cccc(C)c3C#N)CCO2)o1. The Morgan fingerprint density at radius 3 is 2.88 bits per heavy atom. The fourth-order valence-electron chi connectivity index (χ4n) is 2.67. The van der Waals surface area contributed by atoms with Crippen molar-refractivity contribution < 1.29 is 17.6 Å². The molecule has 1 saturated heterocycles. The largest absolute Gasteiger partial charge is 0.422 e. The van der Waals surface area contributed by atoms with E-state index in [9.17, 15) is 13.7 Å². The summed E-state index contributed by atoms with van der Waals surface area (Å²) in [6.07, 6.45) is -0.0250. The van der Waals surface area contributed by atoms with E-state index < -0.39 is 16.1 Å². The van der Waals surface area contributed by atoms with E-state index in [0.29, 0.717) is 17.9 Å². The molecule has 9 heteroatoms. The monoisotopic (exact) mass is 362 g/mol. The van der Waals surface area contributed by atoms with E-state index >= 15 is 0 Å². The van der Waals surface area contributed by atoms with Crippen molar-refractivity contribution in [2.45, 2.75) is 31.3 Å². The molecule has 1 aromatic carbocycles. The molecule has 1 aliphatic heterocycles. The lowest BCUT2D eigenvalue weighted by molar-refractivity contribution is -0.0178. The second kappa shape index (κ2) is 6.92. The predicted octanol–water partition coefficient (Wildman–Crippen LogP) is 1.57. The van der Waals surface area contributed by atoms with Crippen LogP contribution in [0.5, 0.6) is 0 Å². The van der Waals surface area contributed by atoms with Crippen LogP contribution in [0.3, 0.4) is 0 Å². The summed E-state index contributed by atoms with van der Waals surface area (Å²) in [5.74, 6) is 0.741. The first-order valence-electron chi connectivity index (χ1n) is 7.91. The van der Waals surface area contributed by atoms with Crippen molar-refractivity contribution in [3.8, 4) is 6.07 Å². The molecular formula is C16H18N4O4S. The number of ether oxygens (including phenoxy) is 1. The Morgan fingerprint density at radius 1 is 1.40 bits per heavy atom. The number of aromatic nitrogens is 2. The van der Waals surface area contributed by atoms with Gasteiger partial charge in [-0.2, -0.15) is 9.57 Å². The fourth-order valence-corrected chi connectivity index (χ4v) is 4.31. The molecule has 0 unspecified atom stereocenters. The molecule has 1 aliphatic rings. The molecule has 0 saturated carbocycles. The lowest BCUT2D eigenvalue weighted by atomic mass is 10.1. The molecule has 0 aliphatic carbocycles. The summed E-state index contributed by atoms with van der Waals surface area (Å²) < 4.78 is 38.4. The van der Waals surface area contributed by atoms with Gasteiger partial charge in [0.05, 0.1) is 12.2 Å². The van der Waals surface area contributed by atoms with E-state index in [1.54, 1.807) is 19.1 Å². The van der Waals surface area contributed by atoms with Gasteiger partial charge in [-0.3, -0.25) is 0 Å². The van der Waals surface area contributed by atoms with E-state index in [-0.39, 0.29) is 36.0 Å². The van der Waals surface area contributed by atoms with Crippen molar-refractivity contribution in [2.75, 3.05) is 19.7 Å². The number of sulfonamides is 1. The molecule has 0 radical (unpaired) electrons. The summed E-state index contributed by atoms with van der Waals surface area (Å²) >= 11 is 0. The lowest BCUT2D eigenvalue weighted by Crippen LogP contribution is -2.42. The first-order chi connectivity index (χ1) is 12.0. The van der Waals surface area contributed by atoms with Gasteiger partial charge in [-0.1, -0.05) is 19.1 Å². The Morgan fingerprint density at radius 2 is 2.20 bits per heavy atom. The molecule has 2 heterocycles. The molecule has 25 heavy (non-hydrogen) atoms. The van der Waals surface area contributed by atoms with Crippen LogP contribution in [0.25, 0.3) is 0 Å². The van der Waals surface area contributed by atoms with Gasteiger partial charge in [-0.05, 0) is 18.6 Å². The minimum absolute atomic E-state index is 0.00965. The van der Waals surface area contributed by atoms with Crippen LogP contribution in [-0.4, -0.2) is 42.6 Å². The number of hydrogen-bond acceptors (Lipinski definition) is 7. The summed E-state index contributed by atoms with van der Waals surface area (Å²) in [7, 11) is -3.83. The molecule has 2 aromatic rings. The van der Waals surface area contributed by atoms with Crippen LogP contribution in [0.1, 0.15) is 35.9 Å². The number of rotatable bonds is 4. The van der Waals surface area contributed by atoms with Gasteiger partial charge in [0, 0.05) is 19.5 Å². The molecular weight excluding hydrogens is 344 g/mol. The summed E-state index contributed by atoms with van der Waals surface area (Å²) in [4.78, 5) is 0.00965. The lowest BCUT2D eigenvalue weighted by Gasteiger charge is -2.30. The average molecular weight is 362 g/mol. The molecule has 8 nitrogen and oxygen atoms in total. The molecule has 0 amide bonds. The highest BCUT2D eigenvalue weighted by Gasteiger charge is 2.35. The highest BCUT2D eigenvalue weighted by Crippen LogP contribution is 2.28. The normalized spacial score (nSPS) is 18.8. The van der Waals surface area contributed by atoms with Crippen molar-refractivity contribution in [1.29, 1.82) is 5.26 Å². The van der Waals surface area contributed by atoms with Crippen molar-refractivity contribution >= 4 is 10.0 Å². The summed E-state index contributed by atoms with van der Waals surface area (Å²) in [5.41, 5.74) is 0.787. The van der Waals surface area contributed by atoms with Gasteiger partial charge in [-0.15, -0.1) is 10.2 Å². The zero-order valence-corrected chi connectivity index (χ0v) is 14.8. The van der Waals surface area contributed by atoms with Gasteiger partial charge in [0.1, 0.15) is 17.1 Å². The van der Waals surface area contributed by atoms with E-state index in [0.717, 1.165) is 0 Å². The molecule has 1 aromatic heterocycles. The fraction of sp³-hybridized carbons (Fsp3) is 0.438. The third kappa shape index (κ3) is 3.28. The van der Waals surface area contributed by atoms with Crippen LogP contribution in [0.15, 0.2) is 27.5 Å². The Labute approximate surface area is 146 Å². The number of nitriles is 1. The predicted molar refractivity (Wildman–Crippen MR) is 87.0 cm³/mol. The van der Waals surface area contributed by atoms with Crippen LogP contribution < -0.4 is 0 Å². The number of benzene rings is 1. The summed E-state index contributed by atoms with van der Waals surface area (Å²) in [6, 6.07) is 6.78. The van der Waals surface area contributed by atoms with E-state index in [1.807, 2.05) is 13.0 Å². The number of hydrogen-bond donors (Lipinski definition) is 0. The number of aryl methyl sites for hydroxylation is 2. The Balaban J connectivity index is 1.90. The van der Waals surface area contributed by atoms with Crippen LogP contribution in [0.2, 0.25) is 0 Å². The number of morpholine rings is 1. The van der Waals surface area contributed by atoms with E-state index in [1.165, 1.54) is 10.4 Å². The minimum Gasteiger partial charge on any atom is -0.422 e. The highest BCUT2D eigenvalue weighted by atomic mass is 32.2. The minimum atomic E-state index is -3.83. The number of nitrogens with zero attached hydrogens (tertiary/aromatic N) is 4. The van der Waals surface area contributed by atoms with Gasteiger partial charge < -0.3 is 9.15 Å². The van der Waals surface area contributed by atoms with E-state index in [2.05, 4.69) is 10.2 Å². The van der Waals surface area contributed by atoms with Gasteiger partial charge in [-0.25, -0.2) is 8.42 Å². The maximum absolute atomic E-state index is 13.0. The Kier molecular flexibility index (Phi) is 4.85. The zero-order valence-electron chi connectivity index (χ0n) is 14.0. The zero-order chi connectivity index (χ0) is 18.0.